The summed E-state index contributed by atoms with van der Waals surface area (Å²) in [6, 6.07) is -0.589. The van der Waals surface area contributed by atoms with Crippen molar-refractivity contribution in [1.82, 2.24) is 15.5 Å². The number of hydrogen-bond acceptors (Lipinski definition) is 4. The van der Waals surface area contributed by atoms with Crippen molar-refractivity contribution in [3.8, 4) is 0 Å². The molecule has 1 fully saturated rings. The molecule has 5 atom stereocenters. The van der Waals surface area contributed by atoms with E-state index in [1.807, 2.05) is 12.2 Å². The average Bonchev–Trinajstić information content (AvgIpc) is 3.03. The Morgan fingerprint density at radius 3 is 2.47 bits per heavy atom. The van der Waals surface area contributed by atoms with Crippen molar-refractivity contribution >= 4 is 17.7 Å². The first kappa shape index (κ1) is 24.4. The third-order valence-corrected chi connectivity index (χ3v) is 6.44. The topological polar surface area (TPSA) is 98.7 Å². The van der Waals surface area contributed by atoms with Crippen LogP contribution in [0.4, 0.5) is 0 Å². The van der Waals surface area contributed by atoms with Gasteiger partial charge in [-0.25, -0.2) is 0 Å². The number of fused-ring (bicyclic) bond motifs is 1. The van der Waals surface area contributed by atoms with E-state index in [2.05, 4.69) is 24.5 Å². The summed E-state index contributed by atoms with van der Waals surface area (Å²) in [6.07, 6.45) is 10.1. The Kier molecular flexibility index (Phi) is 9.82. The van der Waals surface area contributed by atoms with Gasteiger partial charge in [0.15, 0.2) is 0 Å². The molecule has 0 aromatic rings. The number of amides is 3. The number of rotatable bonds is 12. The Hall–Kier alpha value is -1.89. The monoisotopic (exact) mass is 421 g/mol. The summed E-state index contributed by atoms with van der Waals surface area (Å²) in [7, 11) is 1.61. The lowest BCUT2D eigenvalue weighted by atomic mass is 9.68. The Balaban J connectivity index is 2.30. The molecule has 1 saturated heterocycles. The number of aliphatic hydroxyl groups excluding tert-OH is 1. The summed E-state index contributed by atoms with van der Waals surface area (Å²) < 4.78 is 0. The number of carbonyl (C=O) groups excluding carboxylic acids is 3. The minimum absolute atomic E-state index is 0.00538. The lowest BCUT2D eigenvalue weighted by Gasteiger charge is -2.34. The minimum atomic E-state index is -0.589. The van der Waals surface area contributed by atoms with E-state index in [0.29, 0.717) is 25.9 Å². The van der Waals surface area contributed by atoms with Crippen molar-refractivity contribution in [3.63, 3.8) is 0 Å². The molecule has 0 aromatic carbocycles. The molecule has 1 aliphatic heterocycles. The van der Waals surface area contributed by atoms with Crippen molar-refractivity contribution < 1.29 is 19.5 Å². The van der Waals surface area contributed by atoms with Crippen LogP contribution in [0.3, 0.4) is 0 Å². The predicted molar refractivity (Wildman–Crippen MR) is 116 cm³/mol. The smallest absolute Gasteiger partial charge is 0.243 e. The van der Waals surface area contributed by atoms with E-state index in [0.717, 1.165) is 32.1 Å². The third kappa shape index (κ3) is 5.42. The van der Waals surface area contributed by atoms with Gasteiger partial charge < -0.3 is 20.6 Å². The number of nitrogens with one attached hydrogen (secondary N) is 2. The zero-order chi connectivity index (χ0) is 22.1. The third-order valence-electron chi connectivity index (χ3n) is 6.44. The van der Waals surface area contributed by atoms with E-state index in [9.17, 15) is 14.4 Å². The van der Waals surface area contributed by atoms with Gasteiger partial charge in [0.25, 0.3) is 0 Å². The average molecular weight is 422 g/mol. The van der Waals surface area contributed by atoms with Gasteiger partial charge in [0.05, 0.1) is 11.8 Å². The van der Waals surface area contributed by atoms with Crippen LogP contribution >= 0.6 is 0 Å². The zero-order valence-corrected chi connectivity index (χ0v) is 18.7. The van der Waals surface area contributed by atoms with Crippen LogP contribution in [0.15, 0.2) is 12.2 Å². The molecule has 0 unspecified atom stereocenters. The van der Waals surface area contributed by atoms with E-state index in [4.69, 9.17) is 5.11 Å². The van der Waals surface area contributed by atoms with Gasteiger partial charge in [0, 0.05) is 32.7 Å². The highest BCUT2D eigenvalue weighted by atomic mass is 16.3. The van der Waals surface area contributed by atoms with Gasteiger partial charge in [-0.1, -0.05) is 45.3 Å². The molecule has 30 heavy (non-hydrogen) atoms. The van der Waals surface area contributed by atoms with Gasteiger partial charge in [-0.05, 0) is 31.6 Å². The first-order chi connectivity index (χ1) is 14.5. The lowest BCUT2D eigenvalue weighted by Crippen LogP contribution is -2.48. The SMILES string of the molecule is CCCCCNC(=O)[C@@H]1[C@H]2C=C[C@@H](CCC)[C@@H](C(=O)NC)[C@@H]2C(=O)N1CCCCO. The second kappa shape index (κ2) is 12.1. The lowest BCUT2D eigenvalue weighted by molar-refractivity contribution is -0.140. The molecular weight excluding hydrogens is 382 g/mol. The zero-order valence-electron chi connectivity index (χ0n) is 18.7. The summed E-state index contributed by atoms with van der Waals surface area (Å²) in [6.45, 7) is 5.27. The number of hydrogen-bond donors (Lipinski definition) is 3. The maximum absolute atomic E-state index is 13.5. The fourth-order valence-electron chi connectivity index (χ4n) is 4.96. The van der Waals surface area contributed by atoms with Crippen LogP contribution in [0, 0.1) is 23.7 Å². The molecule has 1 aliphatic carbocycles. The Morgan fingerprint density at radius 2 is 1.83 bits per heavy atom. The Bertz CT molecular complexity index is 622. The fraction of sp³-hybridized carbons (Fsp3) is 0.783. The number of aliphatic hydroxyl groups is 1. The number of unbranched alkanes of at least 4 members (excludes halogenated alkanes) is 3. The second-order valence-electron chi connectivity index (χ2n) is 8.49. The Morgan fingerprint density at radius 1 is 1.07 bits per heavy atom. The van der Waals surface area contributed by atoms with Crippen LogP contribution in [0.5, 0.6) is 0 Å². The fourth-order valence-corrected chi connectivity index (χ4v) is 4.96. The van der Waals surface area contributed by atoms with E-state index >= 15 is 0 Å². The van der Waals surface area contributed by atoms with Gasteiger partial charge in [-0.15, -0.1) is 0 Å². The van der Waals surface area contributed by atoms with Crippen LogP contribution in [0.25, 0.3) is 0 Å². The molecule has 3 N–H and O–H groups in total. The van der Waals surface area contributed by atoms with Gasteiger partial charge in [0.2, 0.25) is 17.7 Å². The van der Waals surface area contributed by atoms with Crippen molar-refractivity contribution in [2.75, 3.05) is 26.7 Å². The van der Waals surface area contributed by atoms with Gasteiger partial charge in [-0.2, -0.15) is 0 Å². The molecule has 2 aliphatic rings. The van der Waals surface area contributed by atoms with Gasteiger partial charge in [-0.3, -0.25) is 14.4 Å². The second-order valence-corrected chi connectivity index (χ2v) is 8.49. The molecular formula is C23H39N3O4. The van der Waals surface area contributed by atoms with E-state index in [1.54, 1.807) is 11.9 Å². The molecule has 0 saturated carbocycles. The first-order valence-corrected chi connectivity index (χ1v) is 11.6. The van der Waals surface area contributed by atoms with Crippen LogP contribution in [0.1, 0.15) is 58.8 Å². The van der Waals surface area contributed by atoms with Gasteiger partial charge >= 0.3 is 0 Å². The van der Waals surface area contributed by atoms with Crippen molar-refractivity contribution in [2.24, 2.45) is 23.7 Å². The van der Waals surface area contributed by atoms with Crippen molar-refractivity contribution in [2.45, 2.75) is 64.8 Å². The van der Waals surface area contributed by atoms with Crippen LogP contribution in [0.2, 0.25) is 0 Å². The highest BCUT2D eigenvalue weighted by Crippen LogP contribution is 2.45. The maximum atomic E-state index is 13.5. The molecule has 7 heteroatoms. The molecule has 1 heterocycles. The molecule has 2 rings (SSSR count). The molecule has 3 amide bonds. The summed E-state index contributed by atoms with van der Waals surface area (Å²) >= 11 is 0. The molecule has 0 bridgehead atoms. The number of nitrogens with zero attached hydrogens (tertiary/aromatic N) is 1. The van der Waals surface area contributed by atoms with Crippen LogP contribution < -0.4 is 10.6 Å². The number of carbonyl (C=O) groups is 3. The molecule has 7 nitrogen and oxygen atoms in total. The molecule has 0 spiro atoms. The first-order valence-electron chi connectivity index (χ1n) is 11.6. The van der Waals surface area contributed by atoms with E-state index in [-0.39, 0.29) is 36.2 Å². The molecule has 0 radical (unpaired) electrons. The van der Waals surface area contributed by atoms with Crippen LogP contribution in [-0.2, 0) is 14.4 Å². The van der Waals surface area contributed by atoms with Crippen LogP contribution in [-0.4, -0.2) is 60.5 Å². The number of allylic oxidation sites excluding steroid dienone is 1. The summed E-state index contributed by atoms with van der Waals surface area (Å²) in [4.78, 5) is 41.0. The maximum Gasteiger partial charge on any atom is 0.243 e. The highest BCUT2D eigenvalue weighted by Gasteiger charge is 2.56. The van der Waals surface area contributed by atoms with E-state index < -0.39 is 17.9 Å². The molecule has 0 aromatic heterocycles. The predicted octanol–water partition coefficient (Wildman–Crippen LogP) is 1.86. The number of likely N-dealkylation sites (tertiary alicyclic amines) is 1. The summed E-state index contributed by atoms with van der Waals surface area (Å²) in [5.74, 6) is -1.61. The highest BCUT2D eigenvalue weighted by molar-refractivity contribution is 5.96. The normalized spacial score (nSPS) is 27.8. The van der Waals surface area contributed by atoms with Crippen molar-refractivity contribution in [3.05, 3.63) is 12.2 Å². The summed E-state index contributed by atoms with van der Waals surface area (Å²) in [5.41, 5.74) is 0. The summed E-state index contributed by atoms with van der Waals surface area (Å²) in [5, 5.41) is 14.9. The standard InChI is InChI=1S/C23H39N3O4/c1-4-6-7-13-25-22(29)20-17-12-11-16(10-5-2)18(21(28)24-3)19(17)23(30)26(20)14-8-9-15-27/h11-12,16-20,27H,4-10,13-15H2,1-3H3,(H,24,28)(H,25,29)/t16-,17+,18-,19-,20+/m1/s1. The van der Waals surface area contributed by atoms with Gasteiger partial charge in [0.1, 0.15) is 6.04 Å². The minimum Gasteiger partial charge on any atom is -0.396 e. The van der Waals surface area contributed by atoms with E-state index in [1.165, 1.54) is 0 Å². The largest absolute Gasteiger partial charge is 0.396 e. The van der Waals surface area contributed by atoms with Crippen molar-refractivity contribution in [1.29, 1.82) is 0 Å². The Labute approximate surface area is 180 Å². The molecule has 170 valence electrons. The quantitative estimate of drug-likeness (QED) is 0.331.